The van der Waals surface area contributed by atoms with E-state index in [-0.39, 0.29) is 22.2 Å². The molecule has 8 nitrogen and oxygen atoms in total. The highest BCUT2D eigenvalue weighted by molar-refractivity contribution is 7.92. The van der Waals surface area contributed by atoms with Crippen LogP contribution in [-0.4, -0.2) is 57.7 Å². The summed E-state index contributed by atoms with van der Waals surface area (Å²) in [6, 6.07) is 11.0. The van der Waals surface area contributed by atoms with Gasteiger partial charge in [-0.1, -0.05) is 23.7 Å². The monoisotopic (exact) mass is 437 g/mol. The third-order valence-electron chi connectivity index (χ3n) is 4.23. The number of ether oxygens (including phenoxy) is 1. The molecule has 0 radical (unpaired) electrons. The predicted octanol–water partition coefficient (Wildman–Crippen LogP) is 2.44. The maximum atomic E-state index is 12.8. The number of hydrogen-bond donors (Lipinski definition) is 2. The van der Waals surface area contributed by atoms with Crippen LogP contribution in [0.4, 0.5) is 11.4 Å². The lowest BCUT2D eigenvalue weighted by Gasteiger charge is -2.27. The zero-order valence-corrected chi connectivity index (χ0v) is 17.2. The van der Waals surface area contributed by atoms with Gasteiger partial charge in [-0.05, 0) is 30.3 Å². The van der Waals surface area contributed by atoms with E-state index in [0.717, 1.165) is 6.26 Å². The average molecular weight is 438 g/mol. The number of amides is 2. The first-order valence-electron chi connectivity index (χ1n) is 8.79. The summed E-state index contributed by atoms with van der Waals surface area (Å²) in [7, 11) is -3.49. The predicted molar refractivity (Wildman–Crippen MR) is 111 cm³/mol. The van der Waals surface area contributed by atoms with Gasteiger partial charge < -0.3 is 15.0 Å². The fraction of sp³-hybridized carbons (Fsp3) is 0.263. The Bertz CT molecular complexity index is 1040. The van der Waals surface area contributed by atoms with E-state index in [1.807, 2.05) is 0 Å². The Morgan fingerprint density at radius 1 is 1.07 bits per heavy atom. The molecule has 0 aliphatic carbocycles. The number of rotatable bonds is 5. The molecular weight excluding hydrogens is 418 g/mol. The summed E-state index contributed by atoms with van der Waals surface area (Å²) in [5.74, 6) is -0.657. The van der Waals surface area contributed by atoms with E-state index in [2.05, 4.69) is 10.0 Å². The minimum Gasteiger partial charge on any atom is -0.378 e. The van der Waals surface area contributed by atoms with Crippen LogP contribution >= 0.6 is 11.6 Å². The van der Waals surface area contributed by atoms with Crippen molar-refractivity contribution in [2.45, 2.75) is 0 Å². The standard InChI is InChI=1S/C19H20ClN3O5S/c1-29(26,27)22-17-7-6-13(12-15(17)20)18(24)21-16-5-3-2-4-14(16)19(25)23-8-10-28-11-9-23/h2-7,12,22H,8-11H2,1H3,(H,21,24). The summed E-state index contributed by atoms with van der Waals surface area (Å²) >= 11 is 6.09. The fourth-order valence-corrected chi connectivity index (χ4v) is 3.71. The van der Waals surface area contributed by atoms with E-state index in [1.165, 1.54) is 18.2 Å². The quantitative estimate of drug-likeness (QED) is 0.747. The molecule has 0 atom stereocenters. The molecule has 0 aromatic heterocycles. The Morgan fingerprint density at radius 3 is 2.41 bits per heavy atom. The Balaban J connectivity index is 1.79. The number of hydrogen-bond acceptors (Lipinski definition) is 5. The third-order valence-corrected chi connectivity index (χ3v) is 5.13. The number of para-hydroxylation sites is 1. The van der Waals surface area contributed by atoms with Crippen molar-refractivity contribution in [1.29, 1.82) is 0 Å². The molecule has 2 N–H and O–H groups in total. The Kier molecular flexibility index (Phi) is 6.41. The van der Waals surface area contributed by atoms with E-state index < -0.39 is 15.9 Å². The van der Waals surface area contributed by atoms with Gasteiger partial charge in [-0.25, -0.2) is 8.42 Å². The van der Waals surface area contributed by atoms with Gasteiger partial charge in [0.2, 0.25) is 10.0 Å². The molecule has 1 saturated heterocycles. The molecule has 2 amide bonds. The smallest absolute Gasteiger partial charge is 0.256 e. The lowest BCUT2D eigenvalue weighted by molar-refractivity contribution is 0.0303. The van der Waals surface area contributed by atoms with Gasteiger partial charge in [0.05, 0.1) is 41.4 Å². The van der Waals surface area contributed by atoms with Crippen molar-refractivity contribution in [2.24, 2.45) is 0 Å². The zero-order valence-electron chi connectivity index (χ0n) is 15.6. The van der Waals surface area contributed by atoms with Gasteiger partial charge in [0.15, 0.2) is 0 Å². The van der Waals surface area contributed by atoms with Crippen LogP contribution < -0.4 is 10.0 Å². The first-order chi connectivity index (χ1) is 13.7. The zero-order chi connectivity index (χ0) is 21.0. The number of nitrogens with zero attached hydrogens (tertiary/aromatic N) is 1. The van der Waals surface area contributed by atoms with Crippen LogP contribution in [0.2, 0.25) is 5.02 Å². The van der Waals surface area contributed by atoms with E-state index in [0.29, 0.717) is 37.6 Å². The maximum absolute atomic E-state index is 12.8. The summed E-state index contributed by atoms with van der Waals surface area (Å²) < 4.78 is 30.2. The minimum absolute atomic E-state index is 0.0840. The second-order valence-electron chi connectivity index (χ2n) is 6.47. The molecule has 3 rings (SSSR count). The van der Waals surface area contributed by atoms with Gasteiger partial charge in [0.1, 0.15) is 0 Å². The molecule has 2 aromatic rings. The molecule has 1 aliphatic heterocycles. The highest BCUT2D eigenvalue weighted by Gasteiger charge is 2.22. The second kappa shape index (κ2) is 8.81. The number of benzene rings is 2. The maximum Gasteiger partial charge on any atom is 0.256 e. The number of carbonyl (C=O) groups excluding carboxylic acids is 2. The molecule has 29 heavy (non-hydrogen) atoms. The van der Waals surface area contributed by atoms with Crippen molar-refractivity contribution < 1.29 is 22.7 Å². The Hall–Kier alpha value is -2.62. The highest BCUT2D eigenvalue weighted by Crippen LogP contribution is 2.25. The van der Waals surface area contributed by atoms with Crippen molar-refractivity contribution in [3.05, 3.63) is 58.6 Å². The summed E-state index contributed by atoms with van der Waals surface area (Å²) in [5, 5.41) is 2.81. The van der Waals surface area contributed by atoms with Gasteiger partial charge in [0, 0.05) is 18.7 Å². The van der Waals surface area contributed by atoms with Crippen molar-refractivity contribution in [3.63, 3.8) is 0 Å². The van der Waals surface area contributed by atoms with Crippen molar-refractivity contribution in [2.75, 3.05) is 42.6 Å². The minimum atomic E-state index is -3.49. The first kappa shape index (κ1) is 21.1. The molecule has 154 valence electrons. The van der Waals surface area contributed by atoms with Crippen LogP contribution in [0, 0.1) is 0 Å². The molecule has 0 saturated carbocycles. The van der Waals surface area contributed by atoms with Gasteiger partial charge in [-0.3, -0.25) is 14.3 Å². The molecule has 1 aliphatic rings. The number of morpholine rings is 1. The second-order valence-corrected chi connectivity index (χ2v) is 8.63. The number of anilines is 2. The number of carbonyl (C=O) groups is 2. The summed E-state index contributed by atoms with van der Waals surface area (Å²) in [4.78, 5) is 27.1. The largest absolute Gasteiger partial charge is 0.378 e. The van der Waals surface area contributed by atoms with Gasteiger partial charge in [0.25, 0.3) is 11.8 Å². The molecular formula is C19H20ClN3O5S. The lowest BCUT2D eigenvalue weighted by atomic mass is 10.1. The summed E-state index contributed by atoms with van der Waals surface area (Å²) in [6.45, 7) is 1.94. The molecule has 0 unspecified atom stereocenters. The van der Waals surface area contributed by atoms with Gasteiger partial charge in [-0.2, -0.15) is 0 Å². The van der Waals surface area contributed by atoms with Crippen LogP contribution in [0.5, 0.6) is 0 Å². The summed E-state index contributed by atoms with van der Waals surface area (Å²) in [5.41, 5.74) is 1.16. The van der Waals surface area contributed by atoms with Crippen LogP contribution in [0.15, 0.2) is 42.5 Å². The number of halogens is 1. The van der Waals surface area contributed by atoms with Crippen molar-refractivity contribution in [3.8, 4) is 0 Å². The SMILES string of the molecule is CS(=O)(=O)Nc1ccc(C(=O)Nc2ccccc2C(=O)N2CCOCC2)cc1Cl. The van der Waals surface area contributed by atoms with E-state index in [9.17, 15) is 18.0 Å². The van der Waals surface area contributed by atoms with Crippen LogP contribution in [0.25, 0.3) is 0 Å². The third kappa shape index (κ3) is 5.47. The first-order valence-corrected chi connectivity index (χ1v) is 11.1. The Labute approximate surface area is 173 Å². The Morgan fingerprint density at radius 2 is 1.76 bits per heavy atom. The van der Waals surface area contributed by atoms with Crippen LogP contribution in [0.1, 0.15) is 20.7 Å². The lowest BCUT2D eigenvalue weighted by Crippen LogP contribution is -2.41. The number of sulfonamides is 1. The summed E-state index contributed by atoms with van der Waals surface area (Å²) in [6.07, 6.45) is 1.01. The normalized spacial score (nSPS) is 14.3. The van der Waals surface area contributed by atoms with Gasteiger partial charge >= 0.3 is 0 Å². The van der Waals surface area contributed by atoms with Gasteiger partial charge in [-0.15, -0.1) is 0 Å². The highest BCUT2D eigenvalue weighted by atomic mass is 35.5. The molecule has 10 heteroatoms. The fourth-order valence-electron chi connectivity index (χ4n) is 2.85. The number of nitrogens with one attached hydrogen (secondary N) is 2. The topological polar surface area (TPSA) is 105 Å². The molecule has 1 heterocycles. The van der Waals surface area contributed by atoms with E-state index in [1.54, 1.807) is 29.2 Å². The molecule has 2 aromatic carbocycles. The van der Waals surface area contributed by atoms with Crippen molar-refractivity contribution >= 4 is 44.8 Å². The van der Waals surface area contributed by atoms with Crippen LogP contribution in [-0.2, 0) is 14.8 Å². The van der Waals surface area contributed by atoms with E-state index >= 15 is 0 Å². The average Bonchev–Trinajstić information content (AvgIpc) is 2.69. The molecule has 1 fully saturated rings. The van der Waals surface area contributed by atoms with Crippen molar-refractivity contribution in [1.82, 2.24) is 4.90 Å². The molecule has 0 spiro atoms. The van der Waals surface area contributed by atoms with Crippen LogP contribution in [0.3, 0.4) is 0 Å². The molecule has 0 bridgehead atoms. The van der Waals surface area contributed by atoms with E-state index in [4.69, 9.17) is 16.3 Å².